The van der Waals surface area contributed by atoms with Gasteiger partial charge in [0.25, 0.3) is 0 Å². The molecule has 1 aromatic carbocycles. The summed E-state index contributed by atoms with van der Waals surface area (Å²) >= 11 is 3.30. The van der Waals surface area contributed by atoms with E-state index in [9.17, 15) is 9.18 Å². The standard InChI is InChI=1S/C14H16BrFO/c15-12-6-11(7-13(16)9-12)5-10-3-1-2-4-14(17)8-10/h6-7,9-10H,1-5,8H2. The second-order valence-electron chi connectivity index (χ2n) is 4.84. The molecule has 0 radical (unpaired) electrons. The van der Waals surface area contributed by atoms with Crippen molar-refractivity contribution in [1.82, 2.24) is 0 Å². The summed E-state index contributed by atoms with van der Waals surface area (Å²) in [4.78, 5) is 11.5. The molecule has 1 saturated carbocycles. The van der Waals surface area contributed by atoms with E-state index in [1.165, 1.54) is 6.07 Å². The Labute approximate surface area is 110 Å². The monoisotopic (exact) mass is 298 g/mol. The van der Waals surface area contributed by atoms with Gasteiger partial charge < -0.3 is 0 Å². The highest BCUT2D eigenvalue weighted by Gasteiger charge is 2.18. The van der Waals surface area contributed by atoms with Crippen LogP contribution in [-0.2, 0) is 11.2 Å². The zero-order valence-electron chi connectivity index (χ0n) is 9.72. The predicted octanol–water partition coefficient (Wildman–Crippen LogP) is 4.28. The molecule has 2 rings (SSSR count). The number of rotatable bonds is 2. The van der Waals surface area contributed by atoms with Crippen molar-refractivity contribution < 1.29 is 9.18 Å². The lowest BCUT2D eigenvalue weighted by Gasteiger charge is -2.13. The van der Waals surface area contributed by atoms with Crippen LogP contribution in [0, 0.1) is 11.7 Å². The predicted molar refractivity (Wildman–Crippen MR) is 69.4 cm³/mol. The summed E-state index contributed by atoms with van der Waals surface area (Å²) in [6.45, 7) is 0. The van der Waals surface area contributed by atoms with Gasteiger partial charge >= 0.3 is 0 Å². The van der Waals surface area contributed by atoms with Crippen molar-refractivity contribution in [2.75, 3.05) is 0 Å². The van der Waals surface area contributed by atoms with Gasteiger partial charge in [-0.2, -0.15) is 0 Å². The van der Waals surface area contributed by atoms with Gasteiger partial charge in [0.05, 0.1) is 0 Å². The molecular weight excluding hydrogens is 283 g/mol. The Balaban J connectivity index is 2.06. The molecule has 3 heteroatoms. The quantitative estimate of drug-likeness (QED) is 0.745. The van der Waals surface area contributed by atoms with Crippen molar-refractivity contribution in [1.29, 1.82) is 0 Å². The average Bonchev–Trinajstić information content (AvgIpc) is 2.41. The van der Waals surface area contributed by atoms with E-state index >= 15 is 0 Å². The van der Waals surface area contributed by atoms with Crippen LogP contribution in [0.2, 0.25) is 0 Å². The van der Waals surface area contributed by atoms with Crippen LogP contribution < -0.4 is 0 Å². The number of hydrogen-bond acceptors (Lipinski definition) is 1. The van der Waals surface area contributed by atoms with Crippen LogP contribution in [0.4, 0.5) is 4.39 Å². The lowest BCUT2D eigenvalue weighted by atomic mass is 9.92. The zero-order chi connectivity index (χ0) is 12.3. The molecule has 0 aliphatic heterocycles. The van der Waals surface area contributed by atoms with Crippen LogP contribution in [-0.4, -0.2) is 5.78 Å². The summed E-state index contributed by atoms with van der Waals surface area (Å²) in [6.07, 6.45) is 5.41. The molecule has 0 bridgehead atoms. The second-order valence-corrected chi connectivity index (χ2v) is 5.75. The minimum absolute atomic E-state index is 0.214. The fourth-order valence-corrected chi connectivity index (χ4v) is 3.03. The minimum Gasteiger partial charge on any atom is -0.300 e. The largest absolute Gasteiger partial charge is 0.300 e. The first-order chi connectivity index (χ1) is 8.13. The smallest absolute Gasteiger partial charge is 0.133 e. The fraction of sp³-hybridized carbons (Fsp3) is 0.500. The van der Waals surface area contributed by atoms with Crippen LogP contribution >= 0.6 is 15.9 Å². The zero-order valence-corrected chi connectivity index (χ0v) is 11.3. The molecule has 0 heterocycles. The first-order valence-electron chi connectivity index (χ1n) is 6.10. The Morgan fingerprint density at radius 3 is 2.88 bits per heavy atom. The molecule has 1 nitrogen and oxygen atoms in total. The molecule has 1 atom stereocenters. The average molecular weight is 299 g/mol. The van der Waals surface area contributed by atoms with E-state index in [1.54, 1.807) is 6.07 Å². The summed E-state index contributed by atoms with van der Waals surface area (Å²) in [7, 11) is 0. The van der Waals surface area contributed by atoms with Crippen LogP contribution in [0.15, 0.2) is 22.7 Å². The van der Waals surface area contributed by atoms with Crippen molar-refractivity contribution in [2.45, 2.75) is 38.5 Å². The summed E-state index contributed by atoms with van der Waals surface area (Å²) in [5, 5.41) is 0. The van der Waals surface area contributed by atoms with Gasteiger partial charge in [-0.05, 0) is 48.9 Å². The maximum Gasteiger partial charge on any atom is 0.133 e. The Morgan fingerprint density at radius 1 is 1.29 bits per heavy atom. The first-order valence-corrected chi connectivity index (χ1v) is 6.89. The number of halogens is 2. The highest BCUT2D eigenvalue weighted by molar-refractivity contribution is 9.10. The maximum absolute atomic E-state index is 13.2. The molecule has 17 heavy (non-hydrogen) atoms. The third-order valence-electron chi connectivity index (χ3n) is 3.28. The molecule has 0 amide bonds. The molecule has 0 aromatic heterocycles. The number of ketones is 1. The van der Waals surface area contributed by atoms with Gasteiger partial charge in [0.2, 0.25) is 0 Å². The van der Waals surface area contributed by atoms with Gasteiger partial charge in [-0.1, -0.05) is 22.4 Å². The molecule has 1 aliphatic carbocycles. The van der Waals surface area contributed by atoms with E-state index in [-0.39, 0.29) is 5.82 Å². The molecule has 92 valence electrons. The number of carbonyl (C=O) groups is 1. The number of hydrogen-bond donors (Lipinski definition) is 0. The molecule has 1 aliphatic rings. The summed E-state index contributed by atoms with van der Waals surface area (Å²) in [6, 6.07) is 4.97. The first kappa shape index (κ1) is 12.7. The second kappa shape index (κ2) is 5.76. The molecule has 0 saturated heterocycles. The van der Waals surface area contributed by atoms with Crippen LogP contribution in [0.1, 0.15) is 37.7 Å². The van der Waals surface area contributed by atoms with Crippen LogP contribution in [0.5, 0.6) is 0 Å². The van der Waals surface area contributed by atoms with E-state index in [0.29, 0.717) is 18.1 Å². The molecular formula is C14H16BrFO. The van der Waals surface area contributed by atoms with Crippen LogP contribution in [0.3, 0.4) is 0 Å². The summed E-state index contributed by atoms with van der Waals surface area (Å²) in [5.74, 6) is 0.538. The van der Waals surface area contributed by atoms with Crippen molar-refractivity contribution in [3.05, 3.63) is 34.1 Å². The van der Waals surface area contributed by atoms with E-state index < -0.39 is 0 Å². The van der Waals surface area contributed by atoms with Crippen molar-refractivity contribution in [3.63, 3.8) is 0 Å². The van der Waals surface area contributed by atoms with Crippen LogP contribution in [0.25, 0.3) is 0 Å². The molecule has 1 unspecified atom stereocenters. The Hall–Kier alpha value is -0.700. The van der Waals surface area contributed by atoms with E-state index in [0.717, 1.165) is 42.1 Å². The van der Waals surface area contributed by atoms with Gasteiger partial charge in [-0.25, -0.2) is 4.39 Å². The molecule has 0 N–H and O–H groups in total. The SMILES string of the molecule is O=C1CCCCC(Cc2cc(F)cc(Br)c2)C1. The number of benzene rings is 1. The van der Waals surface area contributed by atoms with E-state index in [2.05, 4.69) is 15.9 Å². The fourth-order valence-electron chi connectivity index (χ4n) is 2.52. The number of carbonyl (C=O) groups excluding carboxylic acids is 1. The van der Waals surface area contributed by atoms with E-state index in [1.807, 2.05) is 6.07 Å². The summed E-state index contributed by atoms with van der Waals surface area (Å²) < 4.78 is 14.0. The summed E-state index contributed by atoms with van der Waals surface area (Å²) in [5.41, 5.74) is 0.983. The third kappa shape index (κ3) is 3.91. The molecule has 1 aromatic rings. The number of Topliss-reactive ketones (excluding diaryl/α,β-unsaturated/α-hetero) is 1. The minimum atomic E-state index is -0.214. The van der Waals surface area contributed by atoms with E-state index in [4.69, 9.17) is 0 Å². The van der Waals surface area contributed by atoms with Gasteiger partial charge in [-0.15, -0.1) is 0 Å². The van der Waals surface area contributed by atoms with Gasteiger partial charge in [0.15, 0.2) is 0 Å². The lowest BCUT2D eigenvalue weighted by Crippen LogP contribution is -2.08. The maximum atomic E-state index is 13.2. The van der Waals surface area contributed by atoms with Crippen molar-refractivity contribution >= 4 is 21.7 Å². The van der Waals surface area contributed by atoms with Crippen molar-refractivity contribution in [3.8, 4) is 0 Å². The Bertz CT molecular complexity index is 396. The lowest BCUT2D eigenvalue weighted by molar-refractivity contribution is -0.119. The normalized spacial score (nSPS) is 21.3. The highest BCUT2D eigenvalue weighted by atomic mass is 79.9. The molecule has 0 spiro atoms. The highest BCUT2D eigenvalue weighted by Crippen LogP contribution is 2.25. The van der Waals surface area contributed by atoms with Gasteiger partial charge in [0.1, 0.15) is 11.6 Å². The topological polar surface area (TPSA) is 17.1 Å². The van der Waals surface area contributed by atoms with Crippen molar-refractivity contribution in [2.24, 2.45) is 5.92 Å². The molecule has 1 fully saturated rings. The van der Waals surface area contributed by atoms with Gasteiger partial charge in [-0.3, -0.25) is 4.79 Å². The van der Waals surface area contributed by atoms with Gasteiger partial charge in [0, 0.05) is 17.3 Å². The Morgan fingerprint density at radius 2 is 2.12 bits per heavy atom. The Kier molecular flexibility index (Phi) is 4.32. The third-order valence-corrected chi connectivity index (χ3v) is 3.74.